The first-order valence-electron chi connectivity index (χ1n) is 4.86. The van der Waals surface area contributed by atoms with Crippen molar-refractivity contribution in [1.29, 1.82) is 0 Å². The minimum Gasteiger partial charge on any atom is -0.496 e. The second-order valence-electron chi connectivity index (χ2n) is 3.95. The number of rotatable bonds is 3. The monoisotopic (exact) mass is 271 g/mol. The molecule has 0 unspecified atom stereocenters. The zero-order chi connectivity index (χ0) is 10.9. The molecule has 0 aromatic heterocycles. The lowest BCUT2D eigenvalue weighted by molar-refractivity contribution is 0.0348. The van der Waals surface area contributed by atoms with Gasteiger partial charge in [0.05, 0.1) is 11.6 Å². The van der Waals surface area contributed by atoms with Crippen molar-refractivity contribution in [2.45, 2.75) is 12.5 Å². The molecule has 3 nitrogen and oxygen atoms in total. The number of halogens is 1. The van der Waals surface area contributed by atoms with Gasteiger partial charge in [-0.2, -0.15) is 0 Å². The van der Waals surface area contributed by atoms with Crippen LogP contribution in [-0.2, 0) is 0 Å². The SMILES string of the molecule is COc1ccc(OC2(C)CNC2)cc1Br. The van der Waals surface area contributed by atoms with Gasteiger partial charge in [-0.3, -0.25) is 0 Å². The van der Waals surface area contributed by atoms with Gasteiger partial charge in [-0.25, -0.2) is 0 Å². The van der Waals surface area contributed by atoms with Crippen LogP contribution in [0.2, 0.25) is 0 Å². The average molecular weight is 272 g/mol. The topological polar surface area (TPSA) is 30.5 Å². The molecule has 82 valence electrons. The third-order valence-electron chi connectivity index (χ3n) is 2.49. The van der Waals surface area contributed by atoms with Crippen LogP contribution in [0.15, 0.2) is 22.7 Å². The van der Waals surface area contributed by atoms with Crippen LogP contribution in [-0.4, -0.2) is 25.8 Å². The van der Waals surface area contributed by atoms with Gasteiger partial charge in [0.15, 0.2) is 0 Å². The minimum absolute atomic E-state index is 0.0615. The Kier molecular flexibility index (Phi) is 2.89. The summed E-state index contributed by atoms with van der Waals surface area (Å²) in [5.74, 6) is 1.69. The summed E-state index contributed by atoms with van der Waals surface area (Å²) in [5.41, 5.74) is -0.0615. The fourth-order valence-corrected chi connectivity index (χ4v) is 2.06. The van der Waals surface area contributed by atoms with Gasteiger partial charge in [0, 0.05) is 13.1 Å². The number of nitrogens with one attached hydrogen (secondary N) is 1. The van der Waals surface area contributed by atoms with E-state index >= 15 is 0 Å². The molecule has 1 heterocycles. The summed E-state index contributed by atoms with van der Waals surface area (Å²) < 4.78 is 11.9. The van der Waals surface area contributed by atoms with Gasteiger partial charge in [0.1, 0.15) is 17.1 Å². The molecule has 1 N–H and O–H groups in total. The largest absolute Gasteiger partial charge is 0.496 e. The summed E-state index contributed by atoms with van der Waals surface area (Å²) in [6.07, 6.45) is 0. The van der Waals surface area contributed by atoms with Crippen molar-refractivity contribution in [1.82, 2.24) is 5.32 Å². The Hall–Kier alpha value is -0.740. The molecule has 0 bridgehead atoms. The number of hydrogen-bond donors (Lipinski definition) is 1. The molecular formula is C11H14BrNO2. The van der Waals surface area contributed by atoms with Crippen LogP contribution < -0.4 is 14.8 Å². The highest BCUT2D eigenvalue weighted by molar-refractivity contribution is 9.10. The first kappa shape index (κ1) is 10.8. The third-order valence-corrected chi connectivity index (χ3v) is 3.11. The lowest BCUT2D eigenvalue weighted by Crippen LogP contribution is -2.61. The third kappa shape index (κ3) is 2.26. The highest BCUT2D eigenvalue weighted by atomic mass is 79.9. The second-order valence-corrected chi connectivity index (χ2v) is 4.81. The Bertz CT molecular complexity index is 364. The minimum atomic E-state index is -0.0615. The second kappa shape index (κ2) is 4.02. The molecule has 1 fully saturated rings. The van der Waals surface area contributed by atoms with Gasteiger partial charge in [-0.05, 0) is 41.1 Å². The normalized spacial score (nSPS) is 18.1. The van der Waals surface area contributed by atoms with Crippen molar-refractivity contribution in [2.75, 3.05) is 20.2 Å². The molecule has 1 aromatic carbocycles. The zero-order valence-electron chi connectivity index (χ0n) is 8.84. The summed E-state index contributed by atoms with van der Waals surface area (Å²) in [6, 6.07) is 5.75. The molecule has 4 heteroatoms. The van der Waals surface area contributed by atoms with E-state index in [9.17, 15) is 0 Å². The van der Waals surface area contributed by atoms with Crippen molar-refractivity contribution < 1.29 is 9.47 Å². The predicted molar refractivity (Wildman–Crippen MR) is 62.6 cm³/mol. The lowest BCUT2D eigenvalue weighted by Gasteiger charge is -2.39. The van der Waals surface area contributed by atoms with E-state index in [1.807, 2.05) is 18.2 Å². The van der Waals surface area contributed by atoms with Crippen LogP contribution in [0.3, 0.4) is 0 Å². The molecule has 1 saturated heterocycles. The zero-order valence-corrected chi connectivity index (χ0v) is 10.4. The van der Waals surface area contributed by atoms with Gasteiger partial charge < -0.3 is 14.8 Å². The van der Waals surface area contributed by atoms with Crippen LogP contribution in [0.5, 0.6) is 11.5 Å². The van der Waals surface area contributed by atoms with Gasteiger partial charge in [-0.15, -0.1) is 0 Å². The maximum Gasteiger partial charge on any atom is 0.133 e. The number of hydrogen-bond acceptors (Lipinski definition) is 3. The van der Waals surface area contributed by atoms with Crippen LogP contribution in [0, 0.1) is 0 Å². The Balaban J connectivity index is 2.12. The van der Waals surface area contributed by atoms with E-state index in [2.05, 4.69) is 28.2 Å². The quantitative estimate of drug-likeness (QED) is 0.915. The molecule has 0 aliphatic carbocycles. The van der Waals surface area contributed by atoms with Crippen LogP contribution in [0.4, 0.5) is 0 Å². The predicted octanol–water partition coefficient (Wildman–Crippen LogP) is 2.20. The average Bonchev–Trinajstić information content (AvgIpc) is 2.16. The van der Waals surface area contributed by atoms with Crippen molar-refractivity contribution >= 4 is 15.9 Å². The maximum absolute atomic E-state index is 5.87. The standard InChI is InChI=1S/C11H14BrNO2/c1-11(6-13-7-11)15-8-3-4-10(14-2)9(12)5-8/h3-5,13H,6-7H2,1-2H3. The Morgan fingerprint density at radius 1 is 1.40 bits per heavy atom. The van der Waals surface area contributed by atoms with E-state index in [1.54, 1.807) is 7.11 Å². The lowest BCUT2D eigenvalue weighted by atomic mass is 10.00. The van der Waals surface area contributed by atoms with Gasteiger partial charge in [-0.1, -0.05) is 0 Å². The van der Waals surface area contributed by atoms with Crippen LogP contribution in [0.25, 0.3) is 0 Å². The van der Waals surface area contributed by atoms with E-state index in [0.717, 1.165) is 29.1 Å². The molecule has 0 amide bonds. The summed E-state index contributed by atoms with van der Waals surface area (Å²) in [4.78, 5) is 0. The molecule has 0 atom stereocenters. The van der Waals surface area contributed by atoms with E-state index in [-0.39, 0.29) is 5.60 Å². The van der Waals surface area contributed by atoms with Gasteiger partial charge in [0.2, 0.25) is 0 Å². The number of benzene rings is 1. The highest BCUT2D eigenvalue weighted by Gasteiger charge is 2.33. The summed E-state index contributed by atoms with van der Waals surface area (Å²) in [5, 5.41) is 3.20. The maximum atomic E-state index is 5.87. The summed E-state index contributed by atoms with van der Waals surface area (Å²) in [7, 11) is 1.65. The molecule has 0 radical (unpaired) electrons. The fourth-order valence-electron chi connectivity index (χ4n) is 1.54. The first-order chi connectivity index (χ1) is 7.13. The molecule has 15 heavy (non-hydrogen) atoms. The van der Waals surface area contributed by atoms with E-state index in [1.165, 1.54) is 0 Å². The van der Waals surface area contributed by atoms with E-state index in [0.29, 0.717) is 0 Å². The van der Waals surface area contributed by atoms with Crippen molar-refractivity contribution in [3.05, 3.63) is 22.7 Å². The smallest absolute Gasteiger partial charge is 0.133 e. The Morgan fingerprint density at radius 3 is 2.60 bits per heavy atom. The van der Waals surface area contributed by atoms with Gasteiger partial charge >= 0.3 is 0 Å². The van der Waals surface area contributed by atoms with Crippen molar-refractivity contribution in [3.8, 4) is 11.5 Å². The highest BCUT2D eigenvalue weighted by Crippen LogP contribution is 2.31. The molecule has 0 saturated carbocycles. The van der Waals surface area contributed by atoms with Gasteiger partial charge in [0.25, 0.3) is 0 Å². The summed E-state index contributed by atoms with van der Waals surface area (Å²) >= 11 is 3.43. The molecule has 2 rings (SSSR count). The number of methoxy groups -OCH3 is 1. The Morgan fingerprint density at radius 2 is 2.13 bits per heavy atom. The van der Waals surface area contributed by atoms with Crippen molar-refractivity contribution in [2.24, 2.45) is 0 Å². The van der Waals surface area contributed by atoms with E-state index in [4.69, 9.17) is 9.47 Å². The molecule has 1 aromatic rings. The van der Waals surface area contributed by atoms with E-state index < -0.39 is 0 Å². The van der Waals surface area contributed by atoms with Crippen LogP contribution in [0.1, 0.15) is 6.92 Å². The number of ether oxygens (including phenoxy) is 2. The molecular weight excluding hydrogens is 258 g/mol. The van der Waals surface area contributed by atoms with Crippen LogP contribution >= 0.6 is 15.9 Å². The van der Waals surface area contributed by atoms with Crippen molar-refractivity contribution in [3.63, 3.8) is 0 Å². The first-order valence-corrected chi connectivity index (χ1v) is 5.65. The molecule has 1 aliphatic rings. The molecule has 1 aliphatic heterocycles. The fraction of sp³-hybridized carbons (Fsp3) is 0.455. The summed E-state index contributed by atoms with van der Waals surface area (Å²) in [6.45, 7) is 3.90. The Labute approximate surface area is 97.9 Å². The molecule has 0 spiro atoms.